The first-order valence-corrected chi connectivity index (χ1v) is 10.4. The maximum absolute atomic E-state index is 6.37. The van der Waals surface area contributed by atoms with Crippen molar-refractivity contribution in [1.82, 2.24) is 29.9 Å². The normalized spacial score (nSPS) is 14.8. The minimum absolute atomic E-state index is 0.438. The molecule has 4 aromatic rings. The molecule has 0 saturated heterocycles. The van der Waals surface area contributed by atoms with Crippen LogP contribution in [0.3, 0.4) is 0 Å². The van der Waals surface area contributed by atoms with Crippen LogP contribution in [0.5, 0.6) is 0 Å². The van der Waals surface area contributed by atoms with Gasteiger partial charge in [0.15, 0.2) is 0 Å². The molecule has 1 saturated carbocycles. The molecule has 4 heterocycles. The fourth-order valence-electron chi connectivity index (χ4n) is 3.60. The Kier molecular flexibility index (Phi) is 4.44. The molecule has 1 aliphatic rings. The van der Waals surface area contributed by atoms with Crippen LogP contribution in [0.1, 0.15) is 36.6 Å². The van der Waals surface area contributed by atoms with Gasteiger partial charge in [-0.3, -0.25) is 4.68 Å². The van der Waals surface area contributed by atoms with Gasteiger partial charge in [0, 0.05) is 30.3 Å². The van der Waals surface area contributed by atoms with E-state index in [1.807, 2.05) is 31.4 Å². The van der Waals surface area contributed by atoms with Crippen molar-refractivity contribution in [2.24, 2.45) is 7.05 Å². The van der Waals surface area contributed by atoms with Gasteiger partial charge in [-0.1, -0.05) is 35.8 Å². The summed E-state index contributed by atoms with van der Waals surface area (Å²) in [5.41, 5.74) is 3.22. The van der Waals surface area contributed by atoms with Crippen LogP contribution in [-0.4, -0.2) is 29.9 Å². The van der Waals surface area contributed by atoms with Crippen LogP contribution in [0.2, 0.25) is 5.15 Å². The standard InChI is InChI=1S/C19H18ClN7S/c1-27-10-12(9-21-27)13-8-15-14(23-17(13)20)6-7-16(22-15)24-19-26-25-18(28-19)11-4-2-3-5-11/h6-11H,2-5H2,1H3,(H,22,24,26). The van der Waals surface area contributed by atoms with Crippen LogP contribution in [0.25, 0.3) is 22.2 Å². The van der Waals surface area contributed by atoms with Crippen LogP contribution in [0.15, 0.2) is 30.6 Å². The highest BCUT2D eigenvalue weighted by Crippen LogP contribution is 2.37. The van der Waals surface area contributed by atoms with E-state index in [1.54, 1.807) is 22.2 Å². The fraction of sp³-hybridized carbons (Fsp3) is 0.316. The number of hydrogen-bond acceptors (Lipinski definition) is 7. The van der Waals surface area contributed by atoms with Crippen molar-refractivity contribution in [2.45, 2.75) is 31.6 Å². The Morgan fingerprint density at radius 1 is 1.14 bits per heavy atom. The average Bonchev–Trinajstić information content (AvgIpc) is 3.43. The molecule has 9 heteroatoms. The SMILES string of the molecule is Cn1cc(-c2cc3nc(Nc4nnc(C5CCCC5)s4)ccc3nc2Cl)cn1. The van der Waals surface area contributed by atoms with Crippen molar-refractivity contribution in [3.63, 3.8) is 0 Å². The summed E-state index contributed by atoms with van der Waals surface area (Å²) in [6.45, 7) is 0. The number of aryl methyl sites for hydroxylation is 1. The van der Waals surface area contributed by atoms with E-state index in [1.165, 1.54) is 25.7 Å². The number of nitrogens with zero attached hydrogens (tertiary/aromatic N) is 6. The van der Waals surface area contributed by atoms with Crippen molar-refractivity contribution >= 4 is 44.9 Å². The van der Waals surface area contributed by atoms with E-state index in [4.69, 9.17) is 16.6 Å². The second kappa shape index (κ2) is 7.10. The zero-order valence-corrected chi connectivity index (χ0v) is 16.8. The highest BCUT2D eigenvalue weighted by molar-refractivity contribution is 7.15. The molecule has 0 atom stereocenters. The number of nitrogens with one attached hydrogen (secondary N) is 1. The molecule has 4 aromatic heterocycles. The minimum atomic E-state index is 0.438. The van der Waals surface area contributed by atoms with E-state index in [9.17, 15) is 0 Å². The van der Waals surface area contributed by atoms with Gasteiger partial charge in [-0.25, -0.2) is 9.97 Å². The van der Waals surface area contributed by atoms with E-state index in [2.05, 4.69) is 25.6 Å². The largest absolute Gasteiger partial charge is 0.315 e. The summed E-state index contributed by atoms with van der Waals surface area (Å²) in [6.07, 6.45) is 8.67. The van der Waals surface area contributed by atoms with Crippen molar-refractivity contribution in [3.8, 4) is 11.1 Å². The lowest BCUT2D eigenvalue weighted by Gasteiger charge is -2.06. The number of anilines is 2. The van der Waals surface area contributed by atoms with Gasteiger partial charge in [-0.05, 0) is 31.0 Å². The molecule has 0 unspecified atom stereocenters. The molecule has 1 fully saturated rings. The predicted octanol–water partition coefficient (Wildman–Crippen LogP) is 4.94. The zero-order chi connectivity index (χ0) is 19.1. The lowest BCUT2D eigenvalue weighted by atomic mass is 10.1. The van der Waals surface area contributed by atoms with Crippen molar-refractivity contribution in [1.29, 1.82) is 0 Å². The van der Waals surface area contributed by atoms with Crippen LogP contribution in [0.4, 0.5) is 10.9 Å². The Balaban J connectivity index is 1.44. The monoisotopic (exact) mass is 411 g/mol. The van der Waals surface area contributed by atoms with Gasteiger partial charge in [-0.2, -0.15) is 5.10 Å². The summed E-state index contributed by atoms with van der Waals surface area (Å²) in [5.74, 6) is 1.27. The number of fused-ring (bicyclic) bond motifs is 1. The lowest BCUT2D eigenvalue weighted by molar-refractivity contribution is 0.705. The molecule has 142 valence electrons. The molecule has 28 heavy (non-hydrogen) atoms. The zero-order valence-electron chi connectivity index (χ0n) is 15.3. The summed E-state index contributed by atoms with van der Waals surface area (Å²) in [7, 11) is 1.87. The highest BCUT2D eigenvalue weighted by Gasteiger charge is 2.21. The van der Waals surface area contributed by atoms with Crippen molar-refractivity contribution in [3.05, 3.63) is 40.8 Å². The minimum Gasteiger partial charge on any atom is -0.315 e. The van der Waals surface area contributed by atoms with Crippen molar-refractivity contribution in [2.75, 3.05) is 5.32 Å². The van der Waals surface area contributed by atoms with Crippen LogP contribution in [0, 0.1) is 0 Å². The maximum atomic E-state index is 6.37. The Labute approximate surface area is 170 Å². The smallest absolute Gasteiger partial charge is 0.211 e. The Hall–Kier alpha value is -2.58. The lowest BCUT2D eigenvalue weighted by Crippen LogP contribution is -1.95. The van der Waals surface area contributed by atoms with Gasteiger partial charge in [0.25, 0.3) is 0 Å². The van der Waals surface area contributed by atoms with Gasteiger partial charge in [-0.15, -0.1) is 10.2 Å². The number of aromatic nitrogens is 6. The number of halogens is 1. The second-order valence-electron chi connectivity index (χ2n) is 7.02. The fourth-order valence-corrected chi connectivity index (χ4v) is 4.77. The molecule has 5 rings (SSSR count). The first-order valence-electron chi connectivity index (χ1n) is 9.22. The number of pyridine rings is 2. The van der Waals surface area contributed by atoms with E-state index in [0.29, 0.717) is 16.9 Å². The topological polar surface area (TPSA) is 81.4 Å². The van der Waals surface area contributed by atoms with Gasteiger partial charge in [0.1, 0.15) is 16.0 Å². The third kappa shape index (κ3) is 3.33. The Bertz CT molecular complexity index is 1150. The van der Waals surface area contributed by atoms with E-state index < -0.39 is 0 Å². The van der Waals surface area contributed by atoms with E-state index in [0.717, 1.165) is 32.3 Å². The number of rotatable bonds is 4. The molecule has 0 aromatic carbocycles. The third-order valence-electron chi connectivity index (χ3n) is 5.02. The average molecular weight is 412 g/mol. The van der Waals surface area contributed by atoms with E-state index in [-0.39, 0.29) is 0 Å². The van der Waals surface area contributed by atoms with E-state index >= 15 is 0 Å². The molecular formula is C19H18ClN7S. The molecule has 0 amide bonds. The van der Waals surface area contributed by atoms with Crippen LogP contribution in [-0.2, 0) is 7.05 Å². The van der Waals surface area contributed by atoms with Gasteiger partial charge >= 0.3 is 0 Å². The van der Waals surface area contributed by atoms with Crippen LogP contribution >= 0.6 is 22.9 Å². The quantitative estimate of drug-likeness (QED) is 0.479. The third-order valence-corrected chi connectivity index (χ3v) is 6.31. The first-order chi connectivity index (χ1) is 13.7. The summed E-state index contributed by atoms with van der Waals surface area (Å²) >= 11 is 7.99. The summed E-state index contributed by atoms with van der Waals surface area (Å²) in [6, 6.07) is 5.73. The molecule has 1 aliphatic carbocycles. The molecular weight excluding hydrogens is 394 g/mol. The Morgan fingerprint density at radius 2 is 2.00 bits per heavy atom. The highest BCUT2D eigenvalue weighted by atomic mass is 35.5. The molecule has 0 radical (unpaired) electrons. The maximum Gasteiger partial charge on any atom is 0.211 e. The molecule has 0 aliphatic heterocycles. The summed E-state index contributed by atoms with van der Waals surface area (Å²) in [5, 5.41) is 18.5. The van der Waals surface area contributed by atoms with Crippen LogP contribution < -0.4 is 5.32 Å². The van der Waals surface area contributed by atoms with Gasteiger partial charge in [0.2, 0.25) is 5.13 Å². The number of hydrogen-bond donors (Lipinski definition) is 1. The summed E-state index contributed by atoms with van der Waals surface area (Å²) in [4.78, 5) is 9.17. The van der Waals surface area contributed by atoms with Gasteiger partial charge in [0.05, 0.1) is 17.2 Å². The predicted molar refractivity (Wildman–Crippen MR) is 111 cm³/mol. The summed E-state index contributed by atoms with van der Waals surface area (Å²) < 4.78 is 1.73. The molecule has 0 bridgehead atoms. The molecule has 0 spiro atoms. The Morgan fingerprint density at radius 3 is 2.79 bits per heavy atom. The van der Waals surface area contributed by atoms with Crippen molar-refractivity contribution < 1.29 is 0 Å². The molecule has 1 N–H and O–H groups in total. The van der Waals surface area contributed by atoms with Gasteiger partial charge < -0.3 is 5.32 Å². The molecule has 7 nitrogen and oxygen atoms in total. The second-order valence-corrected chi connectivity index (χ2v) is 8.38. The first kappa shape index (κ1) is 17.5.